The highest BCUT2D eigenvalue weighted by Crippen LogP contribution is 2.22. The first kappa shape index (κ1) is 13.9. The Morgan fingerprint density at radius 2 is 2.00 bits per heavy atom. The fraction of sp³-hybridized carbons (Fsp3) is 0.188. The molecule has 4 nitrogen and oxygen atoms in total. The lowest BCUT2D eigenvalue weighted by atomic mass is 10.1. The summed E-state index contributed by atoms with van der Waals surface area (Å²) in [5.74, 6) is -0.516. The van der Waals surface area contributed by atoms with Crippen molar-refractivity contribution in [2.24, 2.45) is 5.73 Å². The number of rotatable bonds is 4. The molecular weight excluding hydrogens is 286 g/mol. The first-order chi connectivity index (χ1) is 10.1. The van der Waals surface area contributed by atoms with Crippen molar-refractivity contribution in [3.8, 4) is 0 Å². The van der Waals surface area contributed by atoms with E-state index in [4.69, 9.17) is 17.3 Å². The van der Waals surface area contributed by atoms with Crippen molar-refractivity contribution in [1.82, 2.24) is 5.32 Å². The zero-order valence-electron chi connectivity index (χ0n) is 11.4. The second-order valence-corrected chi connectivity index (χ2v) is 5.53. The van der Waals surface area contributed by atoms with Crippen LogP contribution < -0.4 is 16.4 Å². The Morgan fingerprint density at radius 3 is 2.76 bits per heavy atom. The Bertz CT molecular complexity index is 700. The van der Waals surface area contributed by atoms with Gasteiger partial charge in [0.15, 0.2) is 0 Å². The third kappa shape index (κ3) is 3.01. The van der Waals surface area contributed by atoms with Gasteiger partial charge < -0.3 is 16.4 Å². The maximum absolute atomic E-state index is 11.1. The lowest BCUT2D eigenvalue weighted by molar-refractivity contribution is 0.100. The van der Waals surface area contributed by atoms with Crippen LogP contribution in [0.3, 0.4) is 0 Å². The highest BCUT2D eigenvalue weighted by atomic mass is 35.5. The number of anilines is 1. The molecule has 0 saturated carbocycles. The van der Waals surface area contributed by atoms with Gasteiger partial charge in [-0.05, 0) is 34.9 Å². The van der Waals surface area contributed by atoms with E-state index >= 15 is 0 Å². The molecule has 4 N–H and O–H groups in total. The van der Waals surface area contributed by atoms with E-state index in [9.17, 15) is 4.79 Å². The zero-order valence-corrected chi connectivity index (χ0v) is 12.2. The molecule has 1 aliphatic rings. The van der Waals surface area contributed by atoms with Gasteiger partial charge in [-0.15, -0.1) is 0 Å². The van der Waals surface area contributed by atoms with Crippen LogP contribution >= 0.6 is 11.6 Å². The maximum Gasteiger partial charge on any atom is 0.250 e. The van der Waals surface area contributed by atoms with Gasteiger partial charge in [0, 0.05) is 25.3 Å². The highest BCUT2D eigenvalue weighted by molar-refractivity contribution is 6.34. The normalized spacial score (nSPS) is 13.0. The smallest absolute Gasteiger partial charge is 0.250 e. The van der Waals surface area contributed by atoms with Gasteiger partial charge in [-0.2, -0.15) is 0 Å². The van der Waals surface area contributed by atoms with Crippen LogP contribution in [0.1, 0.15) is 27.0 Å². The minimum Gasteiger partial charge on any atom is -0.381 e. The minimum atomic E-state index is -0.516. The standard InChI is InChI=1S/C16H16ClN3O/c17-15-6-13(3-4-14(15)16(18)21)20-7-10-1-2-11-8-19-9-12(11)5-10/h1-6,19-20H,7-9H2,(H2,18,21). The number of primary amides is 1. The first-order valence-corrected chi connectivity index (χ1v) is 7.16. The van der Waals surface area contributed by atoms with Gasteiger partial charge in [0.2, 0.25) is 5.91 Å². The predicted molar refractivity (Wildman–Crippen MR) is 84.3 cm³/mol. The van der Waals surface area contributed by atoms with E-state index in [2.05, 4.69) is 28.8 Å². The summed E-state index contributed by atoms with van der Waals surface area (Å²) < 4.78 is 0. The van der Waals surface area contributed by atoms with E-state index in [1.807, 2.05) is 0 Å². The summed E-state index contributed by atoms with van der Waals surface area (Å²) in [5.41, 5.74) is 10.4. The monoisotopic (exact) mass is 301 g/mol. The Kier molecular flexibility index (Phi) is 3.82. The number of amides is 1. The van der Waals surface area contributed by atoms with Crippen LogP contribution in [0.2, 0.25) is 5.02 Å². The summed E-state index contributed by atoms with van der Waals surface area (Å²) in [6.07, 6.45) is 0. The Hall–Kier alpha value is -2.04. The molecule has 0 aromatic heterocycles. The number of nitrogens with two attached hydrogens (primary N) is 1. The molecule has 5 heteroatoms. The molecule has 3 rings (SSSR count). The molecule has 0 unspecified atom stereocenters. The second kappa shape index (κ2) is 5.76. The first-order valence-electron chi connectivity index (χ1n) is 6.78. The molecule has 0 atom stereocenters. The third-order valence-corrected chi connectivity index (χ3v) is 3.95. The third-order valence-electron chi connectivity index (χ3n) is 3.63. The summed E-state index contributed by atoms with van der Waals surface area (Å²) in [5, 5.41) is 7.00. The molecule has 2 aromatic rings. The lowest BCUT2D eigenvalue weighted by Gasteiger charge is -2.09. The van der Waals surface area contributed by atoms with E-state index in [0.717, 1.165) is 18.8 Å². The quantitative estimate of drug-likeness (QED) is 0.813. The summed E-state index contributed by atoms with van der Waals surface area (Å²) in [6.45, 7) is 2.59. The van der Waals surface area contributed by atoms with Crippen LogP contribution in [0, 0.1) is 0 Å². The van der Waals surface area contributed by atoms with Crippen molar-refractivity contribution in [1.29, 1.82) is 0 Å². The largest absolute Gasteiger partial charge is 0.381 e. The van der Waals surface area contributed by atoms with Crippen LogP contribution in [-0.2, 0) is 19.6 Å². The maximum atomic E-state index is 11.1. The molecule has 0 bridgehead atoms. The number of carbonyl (C=O) groups is 1. The Labute approximate surface area is 128 Å². The molecule has 0 spiro atoms. The molecular formula is C16H16ClN3O. The van der Waals surface area contributed by atoms with E-state index in [0.29, 0.717) is 17.1 Å². The number of hydrogen-bond acceptors (Lipinski definition) is 3. The number of nitrogens with one attached hydrogen (secondary N) is 2. The minimum absolute atomic E-state index is 0.339. The summed E-state index contributed by atoms with van der Waals surface area (Å²) in [4.78, 5) is 11.1. The molecule has 0 radical (unpaired) electrons. The van der Waals surface area contributed by atoms with Gasteiger partial charge in [0.05, 0.1) is 10.6 Å². The summed E-state index contributed by atoms with van der Waals surface area (Å²) >= 11 is 6.03. The van der Waals surface area contributed by atoms with Crippen molar-refractivity contribution >= 4 is 23.2 Å². The topological polar surface area (TPSA) is 67.2 Å². The van der Waals surface area contributed by atoms with Crippen LogP contribution in [0.5, 0.6) is 0 Å². The average molecular weight is 302 g/mol. The van der Waals surface area contributed by atoms with Crippen molar-refractivity contribution in [3.63, 3.8) is 0 Å². The number of benzene rings is 2. The molecule has 1 heterocycles. The van der Waals surface area contributed by atoms with Crippen molar-refractivity contribution in [2.45, 2.75) is 19.6 Å². The van der Waals surface area contributed by atoms with Crippen LogP contribution in [0.25, 0.3) is 0 Å². The van der Waals surface area contributed by atoms with Crippen molar-refractivity contribution < 1.29 is 4.79 Å². The number of halogens is 1. The average Bonchev–Trinajstić information content (AvgIpc) is 2.92. The zero-order chi connectivity index (χ0) is 14.8. The number of hydrogen-bond donors (Lipinski definition) is 3. The highest BCUT2D eigenvalue weighted by Gasteiger charge is 2.10. The van der Waals surface area contributed by atoms with E-state index in [1.165, 1.54) is 16.7 Å². The molecule has 1 amide bonds. The van der Waals surface area contributed by atoms with Crippen LogP contribution in [0.4, 0.5) is 5.69 Å². The molecule has 0 fully saturated rings. The van der Waals surface area contributed by atoms with Gasteiger partial charge >= 0.3 is 0 Å². The molecule has 0 saturated heterocycles. The Morgan fingerprint density at radius 1 is 1.19 bits per heavy atom. The number of fused-ring (bicyclic) bond motifs is 1. The van der Waals surface area contributed by atoms with E-state index in [-0.39, 0.29) is 0 Å². The van der Waals surface area contributed by atoms with Crippen molar-refractivity contribution in [2.75, 3.05) is 5.32 Å². The lowest BCUT2D eigenvalue weighted by Crippen LogP contribution is -2.11. The van der Waals surface area contributed by atoms with E-state index < -0.39 is 5.91 Å². The van der Waals surface area contributed by atoms with Gasteiger partial charge in [-0.25, -0.2) is 0 Å². The van der Waals surface area contributed by atoms with Crippen LogP contribution in [-0.4, -0.2) is 5.91 Å². The fourth-order valence-corrected chi connectivity index (χ4v) is 2.76. The van der Waals surface area contributed by atoms with Gasteiger partial charge in [0.1, 0.15) is 0 Å². The molecule has 108 valence electrons. The molecule has 21 heavy (non-hydrogen) atoms. The number of carbonyl (C=O) groups excluding carboxylic acids is 1. The Balaban J connectivity index is 1.70. The van der Waals surface area contributed by atoms with Gasteiger partial charge in [0.25, 0.3) is 0 Å². The predicted octanol–water partition coefficient (Wildman–Crippen LogP) is 2.65. The second-order valence-electron chi connectivity index (χ2n) is 5.12. The molecule has 1 aliphatic heterocycles. The van der Waals surface area contributed by atoms with Crippen molar-refractivity contribution in [3.05, 3.63) is 63.7 Å². The van der Waals surface area contributed by atoms with Crippen LogP contribution in [0.15, 0.2) is 36.4 Å². The van der Waals surface area contributed by atoms with Gasteiger partial charge in [-0.3, -0.25) is 4.79 Å². The summed E-state index contributed by atoms with van der Waals surface area (Å²) in [6, 6.07) is 11.7. The van der Waals surface area contributed by atoms with E-state index in [1.54, 1.807) is 18.2 Å². The molecule has 2 aromatic carbocycles. The fourth-order valence-electron chi connectivity index (χ4n) is 2.49. The summed E-state index contributed by atoms with van der Waals surface area (Å²) in [7, 11) is 0. The molecule has 0 aliphatic carbocycles. The SMILES string of the molecule is NC(=O)c1ccc(NCc2ccc3c(c2)CNC3)cc1Cl. The van der Waals surface area contributed by atoms with Gasteiger partial charge in [-0.1, -0.05) is 29.8 Å².